The van der Waals surface area contributed by atoms with Crippen molar-refractivity contribution in [2.75, 3.05) is 33.4 Å². The number of amides is 1. The number of hydrogen-bond donors (Lipinski definition) is 0. The molecule has 1 fully saturated rings. The van der Waals surface area contributed by atoms with Gasteiger partial charge in [0.05, 0.1) is 43.3 Å². The second kappa shape index (κ2) is 7.05. The normalized spacial score (nSPS) is 25.7. The lowest BCUT2D eigenvalue weighted by molar-refractivity contribution is -0.0765. The van der Waals surface area contributed by atoms with Crippen LogP contribution in [0.15, 0.2) is 0 Å². The van der Waals surface area contributed by atoms with Gasteiger partial charge in [-0.3, -0.25) is 9.48 Å². The van der Waals surface area contributed by atoms with Crippen LogP contribution in [0, 0.1) is 0 Å². The van der Waals surface area contributed by atoms with Crippen LogP contribution >= 0.6 is 0 Å². The van der Waals surface area contributed by atoms with Crippen LogP contribution in [-0.4, -0.2) is 65.7 Å². The van der Waals surface area contributed by atoms with E-state index in [1.165, 1.54) is 0 Å². The molecule has 2 aliphatic heterocycles. The molecule has 0 radical (unpaired) electrons. The molecule has 0 spiro atoms. The van der Waals surface area contributed by atoms with E-state index >= 15 is 0 Å². The molecule has 1 saturated heterocycles. The van der Waals surface area contributed by atoms with E-state index in [9.17, 15) is 4.79 Å². The molecule has 3 heterocycles. The molecule has 0 bridgehead atoms. The van der Waals surface area contributed by atoms with E-state index in [0.717, 1.165) is 11.3 Å². The topological polar surface area (TPSA) is 65.8 Å². The van der Waals surface area contributed by atoms with E-state index in [-0.39, 0.29) is 23.7 Å². The Morgan fingerprint density at radius 1 is 1.40 bits per heavy atom. The van der Waals surface area contributed by atoms with Gasteiger partial charge in [0.15, 0.2) is 5.69 Å². The molecular formula is C18H29N3O4. The first-order valence-corrected chi connectivity index (χ1v) is 8.99. The maximum absolute atomic E-state index is 13.2. The van der Waals surface area contributed by atoms with Gasteiger partial charge < -0.3 is 19.1 Å². The molecule has 2 atom stereocenters. The van der Waals surface area contributed by atoms with Crippen LogP contribution in [0.2, 0.25) is 0 Å². The van der Waals surface area contributed by atoms with Crippen molar-refractivity contribution in [3.05, 3.63) is 17.0 Å². The fourth-order valence-electron chi connectivity index (χ4n) is 3.78. The fourth-order valence-corrected chi connectivity index (χ4v) is 3.78. The van der Waals surface area contributed by atoms with Gasteiger partial charge in [0.2, 0.25) is 0 Å². The number of fused-ring (bicyclic) bond motifs is 1. The van der Waals surface area contributed by atoms with Crippen molar-refractivity contribution < 1.29 is 19.0 Å². The first-order chi connectivity index (χ1) is 11.8. The molecule has 0 unspecified atom stereocenters. The van der Waals surface area contributed by atoms with Crippen LogP contribution in [0.4, 0.5) is 0 Å². The molecule has 0 saturated carbocycles. The Hall–Kier alpha value is -1.44. The highest BCUT2D eigenvalue weighted by Crippen LogP contribution is 2.33. The summed E-state index contributed by atoms with van der Waals surface area (Å²) in [7, 11) is 1.67. The molecule has 1 amide bonds. The summed E-state index contributed by atoms with van der Waals surface area (Å²) in [5, 5.41) is 4.66. The first-order valence-electron chi connectivity index (χ1n) is 8.99. The summed E-state index contributed by atoms with van der Waals surface area (Å²) in [6.07, 6.45) is 0.711. The number of morpholine rings is 1. The number of ether oxygens (including phenoxy) is 3. The van der Waals surface area contributed by atoms with Crippen molar-refractivity contribution in [2.45, 2.75) is 58.5 Å². The van der Waals surface area contributed by atoms with Gasteiger partial charge in [-0.05, 0) is 27.7 Å². The highest BCUT2D eigenvalue weighted by atomic mass is 16.5. The largest absolute Gasteiger partial charge is 0.383 e. The summed E-state index contributed by atoms with van der Waals surface area (Å²) < 4.78 is 18.8. The van der Waals surface area contributed by atoms with Crippen LogP contribution in [-0.2, 0) is 27.2 Å². The maximum Gasteiger partial charge on any atom is 0.274 e. The minimum Gasteiger partial charge on any atom is -0.383 e. The minimum absolute atomic E-state index is 0.00917. The molecule has 3 rings (SSSR count). The molecule has 7 heteroatoms. The molecule has 1 aromatic heterocycles. The molecular weight excluding hydrogens is 322 g/mol. The van der Waals surface area contributed by atoms with Gasteiger partial charge in [0.1, 0.15) is 0 Å². The standard InChI is InChI=1S/C18H29N3O4/c1-12-10-14-15(17(22)20-6-9-24-18(3,4)11-20)19-21(7-8-23-5)16(14)13(2)25-12/h12-13H,6-11H2,1-5H3/t12-,13+/m1/s1. The van der Waals surface area contributed by atoms with E-state index < -0.39 is 0 Å². The number of methoxy groups -OCH3 is 1. The zero-order valence-corrected chi connectivity index (χ0v) is 15.9. The lowest BCUT2D eigenvalue weighted by Crippen LogP contribution is -2.50. The van der Waals surface area contributed by atoms with Gasteiger partial charge >= 0.3 is 0 Å². The molecule has 7 nitrogen and oxygen atoms in total. The van der Waals surface area contributed by atoms with Crippen LogP contribution < -0.4 is 0 Å². The summed E-state index contributed by atoms with van der Waals surface area (Å²) in [5.41, 5.74) is 2.27. The van der Waals surface area contributed by atoms with Crippen LogP contribution in [0.25, 0.3) is 0 Å². The third kappa shape index (κ3) is 3.73. The van der Waals surface area contributed by atoms with Gasteiger partial charge in [0.25, 0.3) is 5.91 Å². The van der Waals surface area contributed by atoms with Crippen LogP contribution in [0.1, 0.15) is 55.5 Å². The highest BCUT2D eigenvalue weighted by Gasteiger charge is 2.36. The molecule has 0 aliphatic carbocycles. The lowest BCUT2D eigenvalue weighted by atomic mass is 9.98. The fraction of sp³-hybridized carbons (Fsp3) is 0.778. The zero-order valence-electron chi connectivity index (χ0n) is 15.9. The number of carbonyl (C=O) groups is 1. The Morgan fingerprint density at radius 3 is 2.84 bits per heavy atom. The monoisotopic (exact) mass is 351 g/mol. The summed E-state index contributed by atoms with van der Waals surface area (Å²) in [6.45, 7) is 11.0. The van der Waals surface area contributed by atoms with Gasteiger partial charge in [-0.15, -0.1) is 0 Å². The Kier molecular flexibility index (Phi) is 5.18. The smallest absolute Gasteiger partial charge is 0.274 e. The van der Waals surface area contributed by atoms with Gasteiger partial charge in [-0.25, -0.2) is 0 Å². The second-order valence-corrected chi connectivity index (χ2v) is 7.56. The first kappa shape index (κ1) is 18.4. The van der Waals surface area contributed by atoms with Crippen molar-refractivity contribution in [1.82, 2.24) is 14.7 Å². The highest BCUT2D eigenvalue weighted by molar-refractivity contribution is 5.94. The zero-order chi connectivity index (χ0) is 18.2. The van der Waals surface area contributed by atoms with E-state index in [2.05, 4.69) is 5.10 Å². The Balaban J connectivity index is 1.94. The van der Waals surface area contributed by atoms with Gasteiger partial charge in [-0.2, -0.15) is 5.10 Å². The number of aromatic nitrogens is 2. The summed E-state index contributed by atoms with van der Waals surface area (Å²) >= 11 is 0. The Labute approximate surface area is 149 Å². The quantitative estimate of drug-likeness (QED) is 0.828. The average molecular weight is 351 g/mol. The SMILES string of the molecule is COCCn1nc(C(=O)N2CCOC(C)(C)C2)c2c1[C@H](C)O[C@H](C)C2. The van der Waals surface area contributed by atoms with Crippen molar-refractivity contribution in [3.8, 4) is 0 Å². The van der Waals surface area contributed by atoms with E-state index in [1.54, 1.807) is 7.11 Å². The molecule has 0 N–H and O–H groups in total. The summed E-state index contributed by atoms with van der Waals surface area (Å²) in [5.74, 6) is -0.00917. The Bertz CT molecular complexity index is 641. The number of nitrogens with zero attached hydrogens (tertiary/aromatic N) is 3. The van der Waals surface area contributed by atoms with Crippen molar-refractivity contribution >= 4 is 5.91 Å². The predicted octanol–water partition coefficient (Wildman–Crippen LogP) is 1.80. The van der Waals surface area contributed by atoms with E-state index in [0.29, 0.717) is 45.0 Å². The third-order valence-corrected chi connectivity index (χ3v) is 4.83. The van der Waals surface area contributed by atoms with Crippen molar-refractivity contribution in [3.63, 3.8) is 0 Å². The predicted molar refractivity (Wildman–Crippen MR) is 92.7 cm³/mol. The number of carbonyl (C=O) groups excluding carboxylic acids is 1. The maximum atomic E-state index is 13.2. The van der Waals surface area contributed by atoms with Crippen LogP contribution in [0.5, 0.6) is 0 Å². The lowest BCUT2D eigenvalue weighted by Gasteiger charge is -2.38. The number of rotatable bonds is 4. The third-order valence-electron chi connectivity index (χ3n) is 4.83. The average Bonchev–Trinajstić information content (AvgIpc) is 2.90. The van der Waals surface area contributed by atoms with Crippen molar-refractivity contribution in [1.29, 1.82) is 0 Å². The van der Waals surface area contributed by atoms with Gasteiger partial charge in [0, 0.05) is 32.2 Å². The molecule has 1 aromatic rings. The van der Waals surface area contributed by atoms with E-state index in [4.69, 9.17) is 14.2 Å². The second-order valence-electron chi connectivity index (χ2n) is 7.56. The molecule has 0 aromatic carbocycles. The molecule has 25 heavy (non-hydrogen) atoms. The van der Waals surface area contributed by atoms with Gasteiger partial charge in [-0.1, -0.05) is 0 Å². The minimum atomic E-state index is -0.323. The van der Waals surface area contributed by atoms with Crippen LogP contribution in [0.3, 0.4) is 0 Å². The van der Waals surface area contributed by atoms with E-state index in [1.807, 2.05) is 37.3 Å². The summed E-state index contributed by atoms with van der Waals surface area (Å²) in [6, 6.07) is 0. The Morgan fingerprint density at radius 2 is 2.16 bits per heavy atom. The molecule has 2 aliphatic rings. The summed E-state index contributed by atoms with van der Waals surface area (Å²) in [4.78, 5) is 15.0. The molecule has 140 valence electrons. The number of hydrogen-bond acceptors (Lipinski definition) is 5. The van der Waals surface area contributed by atoms with Crippen molar-refractivity contribution in [2.24, 2.45) is 0 Å².